The van der Waals surface area contributed by atoms with Gasteiger partial charge in [-0.05, 0) is 26.0 Å². The van der Waals surface area contributed by atoms with Crippen LogP contribution in [0.15, 0.2) is 29.2 Å². The molecule has 4 nitrogen and oxygen atoms in total. The highest BCUT2D eigenvalue weighted by Gasteiger charge is 2.21. The second-order valence-electron chi connectivity index (χ2n) is 3.31. The average Bonchev–Trinajstić information content (AvgIpc) is 2.17. The van der Waals surface area contributed by atoms with Gasteiger partial charge < -0.3 is 0 Å². The normalized spacial score (nSPS) is 13.4. The molecule has 0 saturated heterocycles. The van der Waals surface area contributed by atoms with Crippen LogP contribution in [-0.4, -0.2) is 18.3 Å². The van der Waals surface area contributed by atoms with Gasteiger partial charge in [0.25, 0.3) is 10.1 Å². The van der Waals surface area contributed by atoms with Crippen molar-refractivity contribution in [3.8, 4) is 0 Å². The number of aryl methyl sites for hydroxylation is 1. The molecule has 0 fully saturated rings. The van der Waals surface area contributed by atoms with Gasteiger partial charge in [-0.3, -0.25) is 8.98 Å². The van der Waals surface area contributed by atoms with E-state index in [9.17, 15) is 13.2 Å². The smallest absolute Gasteiger partial charge is 0.285 e. The van der Waals surface area contributed by atoms with E-state index in [4.69, 9.17) is 4.18 Å². The van der Waals surface area contributed by atoms with Crippen molar-refractivity contribution in [1.82, 2.24) is 0 Å². The number of benzene rings is 1. The van der Waals surface area contributed by atoms with Crippen LogP contribution in [0.2, 0.25) is 0 Å². The van der Waals surface area contributed by atoms with E-state index < -0.39 is 16.2 Å². The summed E-state index contributed by atoms with van der Waals surface area (Å²) in [5.41, 5.74) is 0.956. The van der Waals surface area contributed by atoms with Gasteiger partial charge in [0.2, 0.25) is 3.79 Å². The first-order valence-corrected chi connectivity index (χ1v) is 7.01. The van der Waals surface area contributed by atoms with Crippen LogP contribution in [0, 0.1) is 6.92 Å². The highest BCUT2D eigenvalue weighted by molar-refractivity contribution is 14.1. The third-order valence-electron chi connectivity index (χ3n) is 1.90. The van der Waals surface area contributed by atoms with Crippen molar-refractivity contribution >= 4 is 36.5 Å². The van der Waals surface area contributed by atoms with Gasteiger partial charge in [-0.25, -0.2) is 0 Å². The lowest BCUT2D eigenvalue weighted by atomic mass is 10.2. The highest BCUT2D eigenvalue weighted by atomic mass is 127. The minimum absolute atomic E-state index is 0.0580. The zero-order chi connectivity index (χ0) is 12.3. The fraction of sp³-hybridized carbons (Fsp3) is 0.300. The summed E-state index contributed by atoms with van der Waals surface area (Å²) in [6, 6.07) is 6.25. The predicted molar refractivity (Wildman–Crippen MR) is 67.9 cm³/mol. The third-order valence-corrected chi connectivity index (χ3v) is 4.17. The van der Waals surface area contributed by atoms with E-state index in [1.165, 1.54) is 41.6 Å². The Kier molecular flexibility index (Phi) is 4.45. The Hall–Kier alpha value is -0.470. The molecular weight excluding hydrogens is 343 g/mol. The number of carbonyl (C=O) groups excluding carboxylic acids is 1. The van der Waals surface area contributed by atoms with Crippen LogP contribution in [-0.2, 0) is 19.1 Å². The SMILES string of the molecule is Cc1ccc(S(=O)(=O)O[C@H](C)C(=O)I)cc1. The maximum atomic E-state index is 11.7. The zero-order valence-electron chi connectivity index (χ0n) is 8.81. The van der Waals surface area contributed by atoms with Crippen LogP contribution < -0.4 is 0 Å². The third kappa shape index (κ3) is 3.53. The van der Waals surface area contributed by atoms with Gasteiger partial charge in [0.1, 0.15) is 6.10 Å². The van der Waals surface area contributed by atoms with Crippen molar-refractivity contribution in [2.24, 2.45) is 0 Å². The molecule has 0 aliphatic carbocycles. The van der Waals surface area contributed by atoms with E-state index >= 15 is 0 Å². The lowest BCUT2D eigenvalue weighted by Gasteiger charge is -2.09. The summed E-state index contributed by atoms with van der Waals surface area (Å²) in [7, 11) is -3.85. The summed E-state index contributed by atoms with van der Waals surface area (Å²) in [5, 5.41) is 0. The number of rotatable bonds is 4. The van der Waals surface area contributed by atoms with Crippen molar-refractivity contribution < 1.29 is 17.4 Å². The monoisotopic (exact) mass is 354 g/mol. The predicted octanol–water partition coefficient (Wildman–Crippen LogP) is 2.05. The minimum Gasteiger partial charge on any atom is -0.285 e. The molecule has 0 unspecified atom stereocenters. The number of carbonyl (C=O) groups is 1. The van der Waals surface area contributed by atoms with Crippen LogP contribution in [0.1, 0.15) is 12.5 Å². The van der Waals surface area contributed by atoms with Crippen molar-refractivity contribution in [1.29, 1.82) is 0 Å². The molecule has 88 valence electrons. The summed E-state index contributed by atoms with van der Waals surface area (Å²) in [6.07, 6.45) is -0.966. The molecule has 0 radical (unpaired) electrons. The van der Waals surface area contributed by atoms with Crippen LogP contribution >= 0.6 is 22.6 Å². The quantitative estimate of drug-likeness (QED) is 0.472. The maximum absolute atomic E-state index is 11.7. The zero-order valence-corrected chi connectivity index (χ0v) is 11.8. The van der Waals surface area contributed by atoms with Gasteiger partial charge in [-0.15, -0.1) is 0 Å². The molecule has 0 bridgehead atoms. The van der Waals surface area contributed by atoms with Crippen LogP contribution in [0.3, 0.4) is 0 Å². The van der Waals surface area contributed by atoms with Crippen molar-refractivity contribution in [2.75, 3.05) is 0 Å². The molecule has 0 N–H and O–H groups in total. The van der Waals surface area contributed by atoms with Crippen molar-refractivity contribution in [3.63, 3.8) is 0 Å². The summed E-state index contributed by atoms with van der Waals surface area (Å²) in [6.45, 7) is 3.26. The molecule has 1 atom stereocenters. The van der Waals surface area contributed by atoms with E-state index in [-0.39, 0.29) is 8.69 Å². The van der Waals surface area contributed by atoms with Gasteiger partial charge in [0, 0.05) is 22.6 Å². The first-order valence-electron chi connectivity index (χ1n) is 4.52. The molecule has 0 aliphatic heterocycles. The van der Waals surface area contributed by atoms with Crippen molar-refractivity contribution in [2.45, 2.75) is 24.8 Å². The number of halogens is 1. The molecule has 1 rings (SSSR count). The van der Waals surface area contributed by atoms with Crippen LogP contribution in [0.5, 0.6) is 0 Å². The number of hydrogen-bond acceptors (Lipinski definition) is 4. The molecule has 16 heavy (non-hydrogen) atoms. The molecule has 0 aromatic heterocycles. The average molecular weight is 354 g/mol. The Bertz CT molecular complexity index is 478. The topological polar surface area (TPSA) is 60.4 Å². The highest BCUT2D eigenvalue weighted by Crippen LogP contribution is 2.16. The molecule has 0 amide bonds. The molecular formula is C10H11IO4S. The van der Waals surface area contributed by atoms with E-state index in [2.05, 4.69) is 0 Å². The van der Waals surface area contributed by atoms with E-state index in [0.29, 0.717) is 0 Å². The molecule has 6 heteroatoms. The second kappa shape index (κ2) is 5.24. The maximum Gasteiger partial charge on any atom is 0.297 e. The first-order chi connectivity index (χ1) is 7.33. The lowest BCUT2D eigenvalue weighted by molar-refractivity contribution is -0.114. The number of hydrogen-bond donors (Lipinski definition) is 0. The Morgan fingerprint density at radius 1 is 1.31 bits per heavy atom. The summed E-state index contributed by atoms with van der Waals surface area (Å²) in [4.78, 5) is 11.0. The fourth-order valence-electron chi connectivity index (χ4n) is 0.988. The standard InChI is InChI=1S/C10H11IO4S/c1-7-3-5-9(6-4-7)16(13,14)15-8(2)10(11)12/h3-6,8H,1-2H3/t8-/m1/s1. The largest absolute Gasteiger partial charge is 0.297 e. The summed E-state index contributed by atoms with van der Waals surface area (Å²) >= 11 is 1.50. The van der Waals surface area contributed by atoms with E-state index in [1.807, 2.05) is 6.92 Å². The molecule has 1 aromatic carbocycles. The Morgan fingerprint density at radius 2 is 1.81 bits per heavy atom. The van der Waals surface area contributed by atoms with E-state index in [0.717, 1.165) is 5.56 Å². The summed E-state index contributed by atoms with van der Waals surface area (Å²) in [5.74, 6) is 0. The molecule has 0 aliphatic rings. The van der Waals surface area contributed by atoms with Crippen molar-refractivity contribution in [3.05, 3.63) is 29.8 Å². The molecule has 0 spiro atoms. The van der Waals surface area contributed by atoms with Gasteiger partial charge >= 0.3 is 0 Å². The molecule has 0 saturated carbocycles. The fourth-order valence-corrected chi connectivity index (χ4v) is 2.34. The van der Waals surface area contributed by atoms with Gasteiger partial charge in [0.15, 0.2) is 0 Å². The summed E-state index contributed by atoms with van der Waals surface area (Å²) < 4.78 is 27.7. The Balaban J connectivity index is 2.94. The molecule has 1 aromatic rings. The van der Waals surface area contributed by atoms with Gasteiger partial charge in [-0.2, -0.15) is 8.42 Å². The van der Waals surface area contributed by atoms with Gasteiger partial charge in [-0.1, -0.05) is 17.7 Å². The molecule has 0 heterocycles. The minimum atomic E-state index is -3.85. The second-order valence-corrected chi connectivity index (χ2v) is 5.95. The van der Waals surface area contributed by atoms with Gasteiger partial charge in [0.05, 0.1) is 4.90 Å². The van der Waals surface area contributed by atoms with Crippen LogP contribution in [0.4, 0.5) is 0 Å². The lowest BCUT2D eigenvalue weighted by Crippen LogP contribution is -2.20. The Labute approximate surface area is 108 Å². The van der Waals surface area contributed by atoms with E-state index in [1.54, 1.807) is 12.1 Å². The first kappa shape index (κ1) is 13.6. The van der Waals surface area contributed by atoms with Crippen LogP contribution in [0.25, 0.3) is 0 Å². The Morgan fingerprint density at radius 3 is 2.25 bits per heavy atom.